The number of carbonyl (C=O) groups is 2. The summed E-state index contributed by atoms with van der Waals surface area (Å²) < 4.78 is 26.0. The lowest BCUT2D eigenvalue weighted by Gasteiger charge is -2.49. The van der Waals surface area contributed by atoms with Gasteiger partial charge in [0.25, 0.3) is 8.32 Å². The van der Waals surface area contributed by atoms with Gasteiger partial charge in [-0.2, -0.15) is 0 Å². The highest BCUT2D eigenvalue weighted by molar-refractivity contribution is 6.99. The Morgan fingerprint density at radius 3 is 2.19 bits per heavy atom. The zero-order valence-electron chi connectivity index (χ0n) is 27.0. The fourth-order valence-electron chi connectivity index (χ4n) is 8.63. The van der Waals surface area contributed by atoms with Crippen molar-refractivity contribution in [2.45, 2.75) is 110 Å². The third-order valence-corrected chi connectivity index (χ3v) is 15.4. The molecular weight excluding hydrogens is 556 g/mol. The first-order chi connectivity index (χ1) is 20.4. The summed E-state index contributed by atoms with van der Waals surface area (Å²) in [5.41, 5.74) is -0.643. The summed E-state index contributed by atoms with van der Waals surface area (Å²) in [6.45, 7) is 15.5. The van der Waals surface area contributed by atoms with Gasteiger partial charge in [-0.1, -0.05) is 95.3 Å². The molecule has 7 atom stereocenters. The molecule has 0 aromatic heterocycles. The Labute approximate surface area is 259 Å². The molecule has 2 saturated heterocycles. The van der Waals surface area contributed by atoms with Crippen LogP contribution in [0.3, 0.4) is 0 Å². The molecule has 2 aromatic rings. The minimum absolute atomic E-state index is 0.0220. The van der Waals surface area contributed by atoms with Gasteiger partial charge < -0.3 is 18.6 Å². The number of rotatable bonds is 9. The third kappa shape index (κ3) is 6.10. The van der Waals surface area contributed by atoms with Crippen LogP contribution in [0.4, 0.5) is 0 Å². The lowest BCUT2D eigenvalue weighted by atomic mass is 9.59. The molecule has 0 N–H and O–H groups in total. The second kappa shape index (κ2) is 12.5. The van der Waals surface area contributed by atoms with Crippen molar-refractivity contribution in [2.75, 3.05) is 6.61 Å². The third-order valence-electron chi connectivity index (χ3n) is 10.3. The van der Waals surface area contributed by atoms with Crippen LogP contribution in [0, 0.1) is 23.7 Å². The van der Waals surface area contributed by atoms with Crippen molar-refractivity contribution in [1.82, 2.24) is 0 Å². The normalized spacial score (nSPS) is 30.8. The maximum absolute atomic E-state index is 13.1. The predicted molar refractivity (Wildman–Crippen MR) is 171 cm³/mol. The molecule has 2 heterocycles. The number of hydrogen-bond acceptors (Lipinski definition) is 6. The monoisotopic (exact) mass is 606 g/mol. The van der Waals surface area contributed by atoms with Crippen LogP contribution in [-0.4, -0.2) is 50.8 Å². The van der Waals surface area contributed by atoms with Gasteiger partial charge in [0.2, 0.25) is 0 Å². The van der Waals surface area contributed by atoms with E-state index in [4.69, 9.17) is 18.6 Å². The second-order valence-corrected chi connectivity index (χ2v) is 18.8. The molecule has 0 amide bonds. The van der Waals surface area contributed by atoms with E-state index < -0.39 is 13.9 Å². The van der Waals surface area contributed by atoms with E-state index in [-0.39, 0.29) is 53.5 Å². The van der Waals surface area contributed by atoms with Crippen molar-refractivity contribution < 1.29 is 28.2 Å². The van der Waals surface area contributed by atoms with E-state index in [0.29, 0.717) is 24.9 Å². The number of carbonyl (C=O) groups excluding carboxylic acids is 2. The average molecular weight is 607 g/mol. The first kappa shape index (κ1) is 31.9. The maximum atomic E-state index is 13.1. The molecule has 234 valence electrons. The molecule has 1 aliphatic carbocycles. The Kier molecular flexibility index (Phi) is 9.27. The summed E-state index contributed by atoms with van der Waals surface area (Å²) in [7, 11) is -2.65. The smallest absolute Gasteiger partial charge is 0.308 e. The second-order valence-electron chi connectivity index (χ2n) is 14.5. The van der Waals surface area contributed by atoms with Gasteiger partial charge in [0, 0.05) is 25.4 Å². The highest BCUT2D eigenvalue weighted by atomic mass is 28.4. The van der Waals surface area contributed by atoms with Gasteiger partial charge in [0.05, 0.1) is 18.6 Å². The van der Waals surface area contributed by atoms with Crippen molar-refractivity contribution in [1.29, 1.82) is 0 Å². The van der Waals surface area contributed by atoms with Crippen LogP contribution in [0.15, 0.2) is 60.7 Å². The standard InChI is InChI=1S/C36H50O6Si/c1-24(2)28-20-21-36(7,42-25(3)37)33-30-23-31(38)40-29(34(41-30)32(28)33)19-14-22-39-43(35(4,5)6,26-15-10-8-11-16-26)27-17-12-9-13-18-27/h8-13,15-18,24,28-30,32-34H,14,19-23H2,1-7H3/t28-,29+,30-,32-,33-,34+,36-/m1/s1. The molecule has 7 heteroatoms. The maximum Gasteiger partial charge on any atom is 0.308 e. The van der Waals surface area contributed by atoms with Crippen molar-refractivity contribution >= 4 is 30.6 Å². The summed E-state index contributed by atoms with van der Waals surface area (Å²) in [6, 6.07) is 21.3. The zero-order valence-corrected chi connectivity index (χ0v) is 28.0. The molecule has 2 bridgehead atoms. The van der Waals surface area contributed by atoms with Gasteiger partial charge in [0.1, 0.15) is 11.7 Å². The van der Waals surface area contributed by atoms with Crippen LogP contribution < -0.4 is 10.4 Å². The van der Waals surface area contributed by atoms with Crippen molar-refractivity contribution in [3.8, 4) is 0 Å². The van der Waals surface area contributed by atoms with Crippen molar-refractivity contribution in [3.05, 3.63) is 60.7 Å². The van der Waals surface area contributed by atoms with Gasteiger partial charge >= 0.3 is 11.9 Å². The SMILES string of the molecule is CC(=O)O[C@]1(C)CC[C@H](C(C)C)[C@H]2[C@H]3O[C@H](CC(=O)O[C@H]3CCCO[Si](c3ccccc3)(c3ccccc3)C(C)(C)C)[C@H]21. The molecule has 6 nitrogen and oxygen atoms in total. The number of fused-ring (bicyclic) bond motifs is 5. The summed E-state index contributed by atoms with van der Waals surface area (Å²) in [5, 5.41) is 2.41. The Hall–Kier alpha value is -2.48. The van der Waals surface area contributed by atoms with Gasteiger partial charge in [-0.3, -0.25) is 9.59 Å². The summed E-state index contributed by atoms with van der Waals surface area (Å²) >= 11 is 0. The number of esters is 2. The molecule has 0 unspecified atom stereocenters. The highest BCUT2D eigenvalue weighted by Crippen LogP contribution is 2.56. The van der Waals surface area contributed by atoms with Crippen molar-refractivity contribution in [2.24, 2.45) is 23.7 Å². The largest absolute Gasteiger partial charge is 0.460 e. The van der Waals surface area contributed by atoms with Gasteiger partial charge in [0.15, 0.2) is 0 Å². The van der Waals surface area contributed by atoms with E-state index in [9.17, 15) is 9.59 Å². The molecule has 43 heavy (non-hydrogen) atoms. The van der Waals surface area contributed by atoms with E-state index in [1.165, 1.54) is 17.3 Å². The van der Waals surface area contributed by atoms with E-state index in [2.05, 4.69) is 95.3 Å². The minimum Gasteiger partial charge on any atom is -0.460 e. The lowest BCUT2D eigenvalue weighted by molar-refractivity contribution is -0.177. The van der Waals surface area contributed by atoms with E-state index >= 15 is 0 Å². The molecular formula is C36H50O6Si. The fourth-order valence-corrected chi connectivity index (χ4v) is 13.2. The Morgan fingerprint density at radius 1 is 1.05 bits per heavy atom. The minimum atomic E-state index is -2.65. The summed E-state index contributed by atoms with van der Waals surface area (Å²) in [6.07, 6.45) is 2.51. The molecule has 5 rings (SSSR count). The number of ether oxygens (including phenoxy) is 3. The van der Waals surface area contributed by atoms with Crippen LogP contribution in [-0.2, 0) is 28.2 Å². The van der Waals surface area contributed by atoms with Crippen LogP contribution in [0.2, 0.25) is 5.04 Å². The van der Waals surface area contributed by atoms with Gasteiger partial charge in [-0.05, 0) is 59.9 Å². The lowest BCUT2D eigenvalue weighted by Crippen LogP contribution is -2.66. The predicted octanol–water partition coefficient (Wildman–Crippen LogP) is 6.05. The van der Waals surface area contributed by atoms with Gasteiger partial charge in [-0.25, -0.2) is 0 Å². The molecule has 2 aliphatic heterocycles. The van der Waals surface area contributed by atoms with Crippen LogP contribution in [0.25, 0.3) is 0 Å². The summed E-state index contributed by atoms with van der Waals surface area (Å²) in [4.78, 5) is 25.2. The summed E-state index contributed by atoms with van der Waals surface area (Å²) in [5.74, 6) is 0.513. The van der Waals surface area contributed by atoms with E-state index in [1.54, 1.807) is 0 Å². The first-order valence-electron chi connectivity index (χ1n) is 16.2. The highest BCUT2D eigenvalue weighted by Gasteiger charge is 2.63. The molecule has 1 saturated carbocycles. The van der Waals surface area contributed by atoms with Crippen LogP contribution in [0.5, 0.6) is 0 Å². The molecule has 3 aliphatic rings. The van der Waals surface area contributed by atoms with E-state index in [1.807, 2.05) is 6.92 Å². The molecule has 3 fully saturated rings. The number of hydrogen-bond donors (Lipinski definition) is 0. The number of cyclic esters (lactones) is 1. The zero-order chi connectivity index (χ0) is 31.0. The van der Waals surface area contributed by atoms with Crippen LogP contribution in [0.1, 0.15) is 80.6 Å². The van der Waals surface area contributed by atoms with Gasteiger partial charge in [-0.15, -0.1) is 0 Å². The number of benzene rings is 2. The average Bonchev–Trinajstić information content (AvgIpc) is 3.23. The Balaban J connectivity index is 1.39. The van der Waals surface area contributed by atoms with Crippen molar-refractivity contribution in [3.63, 3.8) is 0 Å². The molecule has 0 spiro atoms. The quantitative estimate of drug-likeness (QED) is 0.197. The first-order valence-corrected chi connectivity index (χ1v) is 18.1. The van der Waals surface area contributed by atoms with Crippen LogP contribution >= 0.6 is 0 Å². The van der Waals surface area contributed by atoms with E-state index in [0.717, 1.165) is 19.3 Å². The molecule has 0 radical (unpaired) electrons. The Morgan fingerprint density at radius 2 is 1.65 bits per heavy atom. The topological polar surface area (TPSA) is 71.1 Å². The Bertz CT molecular complexity index is 1220. The molecule has 2 aromatic carbocycles. The fraction of sp³-hybridized carbons (Fsp3) is 0.611.